The van der Waals surface area contributed by atoms with Gasteiger partial charge in [-0.15, -0.1) is 0 Å². The van der Waals surface area contributed by atoms with Gasteiger partial charge >= 0.3 is 5.69 Å². The molecule has 4 rings (SSSR count). The summed E-state index contributed by atoms with van der Waals surface area (Å²) in [5.41, 5.74) is 2.31. The van der Waals surface area contributed by atoms with Crippen LogP contribution < -0.4 is 10.4 Å². The van der Waals surface area contributed by atoms with Crippen molar-refractivity contribution in [1.29, 1.82) is 0 Å². The van der Waals surface area contributed by atoms with Gasteiger partial charge in [0.1, 0.15) is 12.4 Å². The van der Waals surface area contributed by atoms with Crippen molar-refractivity contribution in [2.24, 2.45) is 7.05 Å². The summed E-state index contributed by atoms with van der Waals surface area (Å²) in [6, 6.07) is 17.8. The van der Waals surface area contributed by atoms with Gasteiger partial charge in [0.2, 0.25) is 0 Å². The minimum absolute atomic E-state index is 0.293. The van der Waals surface area contributed by atoms with Gasteiger partial charge in [0, 0.05) is 17.1 Å². The number of aromatic nitrogens is 4. The molecule has 0 radical (unpaired) electrons. The third kappa shape index (κ3) is 3.38. The molecular formula is C20H17BrN4O2. The van der Waals surface area contributed by atoms with E-state index in [9.17, 15) is 4.79 Å². The first-order chi connectivity index (χ1) is 13.0. The topological polar surface area (TPSA) is 61.9 Å². The van der Waals surface area contributed by atoms with Crippen molar-refractivity contribution in [3.63, 3.8) is 0 Å². The minimum atomic E-state index is -0.293. The predicted molar refractivity (Wildman–Crippen MR) is 107 cm³/mol. The first-order valence-corrected chi connectivity index (χ1v) is 9.22. The summed E-state index contributed by atoms with van der Waals surface area (Å²) in [6.07, 6.45) is 0. The smallest absolute Gasteiger partial charge is 0.368 e. The number of benzene rings is 3. The zero-order valence-electron chi connectivity index (χ0n) is 14.9. The number of rotatable bonds is 4. The maximum Gasteiger partial charge on any atom is 0.368 e. The highest BCUT2D eigenvalue weighted by Crippen LogP contribution is 2.26. The lowest BCUT2D eigenvalue weighted by Gasteiger charge is -2.13. The van der Waals surface area contributed by atoms with Crippen LogP contribution in [0.3, 0.4) is 0 Å². The van der Waals surface area contributed by atoms with E-state index in [1.165, 1.54) is 9.36 Å². The highest BCUT2D eigenvalue weighted by atomic mass is 79.9. The molecule has 136 valence electrons. The Labute approximate surface area is 164 Å². The van der Waals surface area contributed by atoms with E-state index < -0.39 is 0 Å². The number of ether oxygens (including phenoxy) is 1. The Bertz CT molecular complexity index is 1200. The van der Waals surface area contributed by atoms with Crippen LogP contribution in [0.25, 0.3) is 16.5 Å². The Hall–Kier alpha value is -2.93. The summed E-state index contributed by atoms with van der Waals surface area (Å²) >= 11 is 3.49. The number of halogens is 1. The van der Waals surface area contributed by atoms with Gasteiger partial charge in [-0.25, -0.2) is 4.79 Å². The van der Waals surface area contributed by atoms with Crippen LogP contribution in [0, 0.1) is 6.92 Å². The molecule has 7 heteroatoms. The average molecular weight is 425 g/mol. The van der Waals surface area contributed by atoms with Crippen molar-refractivity contribution in [3.05, 3.63) is 80.7 Å². The van der Waals surface area contributed by atoms with Gasteiger partial charge in [0.05, 0.1) is 5.69 Å². The molecule has 6 nitrogen and oxygen atoms in total. The predicted octanol–water partition coefficient (Wildman–Crippen LogP) is 3.77. The van der Waals surface area contributed by atoms with Gasteiger partial charge in [0.25, 0.3) is 0 Å². The van der Waals surface area contributed by atoms with Gasteiger partial charge in [0.15, 0.2) is 0 Å². The number of hydrogen-bond donors (Lipinski definition) is 0. The van der Waals surface area contributed by atoms with E-state index >= 15 is 0 Å². The van der Waals surface area contributed by atoms with Crippen molar-refractivity contribution in [1.82, 2.24) is 19.8 Å². The summed E-state index contributed by atoms with van der Waals surface area (Å²) in [6.45, 7) is 2.31. The largest absolute Gasteiger partial charge is 0.489 e. The molecule has 0 saturated carbocycles. The van der Waals surface area contributed by atoms with E-state index in [2.05, 4.69) is 32.4 Å². The number of hydrogen-bond acceptors (Lipinski definition) is 4. The van der Waals surface area contributed by atoms with Gasteiger partial charge in [-0.05, 0) is 64.0 Å². The SMILES string of the molecule is Cc1cccc(-n2nnn(C)c2=O)c1COc1ccc2cc(Br)ccc2c1. The fourth-order valence-corrected chi connectivity index (χ4v) is 3.36. The van der Waals surface area contributed by atoms with Crippen LogP contribution in [-0.2, 0) is 13.7 Å². The van der Waals surface area contributed by atoms with E-state index in [-0.39, 0.29) is 5.69 Å². The van der Waals surface area contributed by atoms with Crippen molar-refractivity contribution in [2.45, 2.75) is 13.5 Å². The molecule has 0 N–H and O–H groups in total. The Balaban J connectivity index is 1.66. The van der Waals surface area contributed by atoms with Gasteiger partial charge in [-0.1, -0.05) is 40.2 Å². The van der Waals surface area contributed by atoms with Crippen LogP contribution in [0.1, 0.15) is 11.1 Å². The van der Waals surface area contributed by atoms with Crippen molar-refractivity contribution in [3.8, 4) is 11.4 Å². The monoisotopic (exact) mass is 424 g/mol. The lowest BCUT2D eigenvalue weighted by molar-refractivity contribution is 0.305. The molecule has 1 heterocycles. The second-order valence-electron chi connectivity index (χ2n) is 6.31. The number of fused-ring (bicyclic) bond motifs is 1. The molecule has 0 fully saturated rings. The molecule has 1 aromatic heterocycles. The van der Waals surface area contributed by atoms with Crippen molar-refractivity contribution in [2.75, 3.05) is 0 Å². The molecular weight excluding hydrogens is 408 g/mol. The Morgan fingerprint density at radius 2 is 1.81 bits per heavy atom. The molecule has 0 spiro atoms. The molecule has 3 aromatic carbocycles. The van der Waals surface area contributed by atoms with E-state index in [0.717, 1.165) is 32.1 Å². The third-order valence-corrected chi connectivity index (χ3v) is 4.99. The molecule has 4 aromatic rings. The maximum absolute atomic E-state index is 12.2. The highest BCUT2D eigenvalue weighted by molar-refractivity contribution is 9.10. The standard InChI is InChI=1S/C20H17BrN4O2/c1-13-4-3-5-19(25-20(26)24(2)22-23-25)18(13)12-27-17-9-7-14-10-16(21)8-6-15(14)11-17/h3-11H,12H2,1-2H3. The first kappa shape index (κ1) is 17.5. The lowest BCUT2D eigenvalue weighted by atomic mass is 10.1. The normalized spacial score (nSPS) is 11.1. The van der Waals surface area contributed by atoms with Crippen LogP contribution in [0.2, 0.25) is 0 Å². The molecule has 27 heavy (non-hydrogen) atoms. The zero-order valence-corrected chi connectivity index (χ0v) is 16.5. The van der Waals surface area contributed by atoms with Gasteiger partial charge < -0.3 is 4.74 Å². The summed E-state index contributed by atoms with van der Waals surface area (Å²) in [4.78, 5) is 12.2. The Morgan fingerprint density at radius 3 is 2.59 bits per heavy atom. The number of nitrogens with zero attached hydrogens (tertiary/aromatic N) is 4. The van der Waals surface area contributed by atoms with Gasteiger partial charge in [-0.2, -0.15) is 9.36 Å². The molecule has 0 saturated heterocycles. The molecule has 0 amide bonds. The fourth-order valence-electron chi connectivity index (χ4n) is 2.98. The minimum Gasteiger partial charge on any atom is -0.489 e. The summed E-state index contributed by atoms with van der Waals surface area (Å²) < 4.78 is 9.58. The van der Waals surface area contributed by atoms with Crippen LogP contribution >= 0.6 is 15.9 Å². The number of aryl methyl sites for hydroxylation is 2. The fraction of sp³-hybridized carbons (Fsp3) is 0.150. The molecule has 0 aliphatic rings. The quantitative estimate of drug-likeness (QED) is 0.500. The summed E-state index contributed by atoms with van der Waals surface area (Å²) in [5.74, 6) is 0.769. The summed E-state index contributed by atoms with van der Waals surface area (Å²) in [5, 5.41) is 9.98. The van der Waals surface area contributed by atoms with Crippen molar-refractivity contribution < 1.29 is 4.74 Å². The third-order valence-electron chi connectivity index (χ3n) is 4.49. The van der Waals surface area contributed by atoms with Crippen molar-refractivity contribution >= 4 is 26.7 Å². The molecule has 0 aliphatic carbocycles. The molecule has 0 aliphatic heterocycles. The van der Waals surface area contributed by atoms with Crippen LogP contribution in [-0.4, -0.2) is 19.8 Å². The molecule has 0 atom stereocenters. The molecule has 0 unspecified atom stereocenters. The zero-order chi connectivity index (χ0) is 19.0. The van der Waals surface area contributed by atoms with Crippen LogP contribution in [0.5, 0.6) is 5.75 Å². The Morgan fingerprint density at radius 1 is 1.04 bits per heavy atom. The van der Waals surface area contributed by atoms with E-state index in [1.54, 1.807) is 7.05 Å². The molecule has 0 bridgehead atoms. The maximum atomic E-state index is 12.2. The number of tetrazole rings is 1. The van der Waals surface area contributed by atoms with Crippen LogP contribution in [0.4, 0.5) is 0 Å². The van der Waals surface area contributed by atoms with E-state index in [4.69, 9.17) is 4.74 Å². The van der Waals surface area contributed by atoms with Crippen LogP contribution in [0.15, 0.2) is 63.9 Å². The first-order valence-electron chi connectivity index (χ1n) is 8.43. The highest BCUT2D eigenvalue weighted by Gasteiger charge is 2.13. The average Bonchev–Trinajstić information content (AvgIpc) is 2.99. The van der Waals surface area contributed by atoms with E-state index in [1.807, 2.05) is 55.5 Å². The second-order valence-corrected chi connectivity index (χ2v) is 7.23. The Kier molecular flexibility index (Phi) is 4.53. The lowest BCUT2D eigenvalue weighted by Crippen LogP contribution is -2.23. The summed E-state index contributed by atoms with van der Waals surface area (Å²) in [7, 11) is 1.57. The van der Waals surface area contributed by atoms with E-state index in [0.29, 0.717) is 12.3 Å². The second kappa shape index (κ2) is 7.00. The van der Waals surface area contributed by atoms with Gasteiger partial charge in [-0.3, -0.25) is 0 Å².